The Morgan fingerprint density at radius 2 is 0.750 bits per heavy atom. The summed E-state index contributed by atoms with van der Waals surface area (Å²) < 4.78 is 9.69. The predicted molar refractivity (Wildman–Crippen MR) is 267 cm³/mol. The number of rotatable bonds is 5. The highest BCUT2D eigenvalue weighted by Gasteiger charge is 2.23. The van der Waals surface area contributed by atoms with Gasteiger partial charge >= 0.3 is 0 Å². The first-order chi connectivity index (χ1) is 31.8. The summed E-state index contributed by atoms with van der Waals surface area (Å²) in [4.78, 5) is 5.28. The van der Waals surface area contributed by atoms with Gasteiger partial charge in [-0.1, -0.05) is 140 Å². The van der Waals surface area contributed by atoms with Crippen molar-refractivity contribution in [2.45, 2.75) is 0 Å². The molecule has 5 heterocycles. The predicted octanol–water partition coefficient (Wildman–Crippen LogP) is 15.1. The van der Waals surface area contributed by atoms with Crippen LogP contribution in [0.5, 0.6) is 0 Å². The molecule has 0 aliphatic carbocycles. The van der Waals surface area contributed by atoms with Gasteiger partial charge in [0.05, 0.1) is 49.8 Å². The molecule has 0 aliphatic heterocycles. The van der Waals surface area contributed by atoms with Crippen LogP contribution in [-0.4, -0.2) is 23.3 Å². The molecule has 64 heavy (non-hydrogen) atoms. The molecule has 0 unspecified atom stereocenters. The summed E-state index contributed by atoms with van der Waals surface area (Å²) >= 11 is 0. The Bertz CT molecular complexity index is 4180. The van der Waals surface area contributed by atoms with Gasteiger partial charge in [0.15, 0.2) is 0 Å². The van der Waals surface area contributed by atoms with E-state index in [4.69, 9.17) is 4.98 Å². The Labute approximate surface area is 367 Å². The molecule has 0 N–H and O–H groups in total. The first-order valence-corrected chi connectivity index (χ1v) is 21.9. The molecule has 0 spiro atoms. The van der Waals surface area contributed by atoms with E-state index in [9.17, 15) is 0 Å². The lowest BCUT2D eigenvalue weighted by Gasteiger charge is -2.14. The molecule has 14 rings (SSSR count). The van der Waals surface area contributed by atoms with Crippen LogP contribution >= 0.6 is 0 Å². The molecule has 0 saturated carbocycles. The van der Waals surface area contributed by atoms with E-state index in [0.29, 0.717) is 0 Å². The fourth-order valence-corrected chi connectivity index (χ4v) is 10.7. The highest BCUT2D eigenvalue weighted by Crippen LogP contribution is 2.44. The molecule has 0 saturated heterocycles. The first-order valence-electron chi connectivity index (χ1n) is 21.9. The molecule has 5 nitrogen and oxygen atoms in total. The van der Waals surface area contributed by atoms with Crippen molar-refractivity contribution >= 4 is 87.2 Å². The second kappa shape index (κ2) is 13.4. The fraction of sp³-hybridized carbons (Fsp3) is 0. The second-order valence-corrected chi connectivity index (χ2v) is 16.8. The van der Waals surface area contributed by atoms with E-state index in [1.54, 1.807) is 0 Å². The number of nitrogens with zero attached hydrogens (tertiary/aromatic N) is 5. The molecule has 0 fully saturated rings. The molecule has 0 atom stereocenters. The number of fused-ring (bicyclic) bond motifs is 13. The van der Waals surface area contributed by atoms with E-state index in [2.05, 4.69) is 237 Å². The third-order valence-electron chi connectivity index (χ3n) is 13.3. The highest BCUT2D eigenvalue weighted by molar-refractivity contribution is 6.26. The van der Waals surface area contributed by atoms with Crippen molar-refractivity contribution in [3.8, 4) is 34.1 Å². The van der Waals surface area contributed by atoms with Gasteiger partial charge in [0.25, 0.3) is 0 Å². The third-order valence-corrected chi connectivity index (χ3v) is 13.3. The summed E-state index contributed by atoms with van der Waals surface area (Å²) in [6.45, 7) is 0. The number of para-hydroxylation sites is 5. The van der Waals surface area contributed by atoms with E-state index in [-0.39, 0.29) is 0 Å². The molecule has 14 aromatic rings. The average molecular weight is 816 g/mol. The minimum Gasteiger partial charge on any atom is -0.309 e. The summed E-state index contributed by atoms with van der Waals surface area (Å²) in [5.74, 6) is 0.893. The van der Waals surface area contributed by atoms with Crippen molar-refractivity contribution in [2.24, 2.45) is 0 Å². The van der Waals surface area contributed by atoms with Crippen LogP contribution in [0.25, 0.3) is 121 Å². The van der Waals surface area contributed by atoms with Gasteiger partial charge in [-0.05, 0) is 84.9 Å². The average Bonchev–Trinajstić information content (AvgIpc) is 4.08. The quantitative estimate of drug-likeness (QED) is 0.170. The van der Waals surface area contributed by atoms with Crippen LogP contribution in [0.3, 0.4) is 0 Å². The van der Waals surface area contributed by atoms with Gasteiger partial charge in [-0.25, -0.2) is 4.98 Å². The van der Waals surface area contributed by atoms with Crippen LogP contribution in [0.15, 0.2) is 224 Å². The Hall–Kier alpha value is -8.67. The van der Waals surface area contributed by atoms with Gasteiger partial charge in [0.2, 0.25) is 0 Å². The normalized spacial score (nSPS) is 12.1. The van der Waals surface area contributed by atoms with Crippen LogP contribution in [0.4, 0.5) is 0 Å². The van der Waals surface area contributed by atoms with Crippen LogP contribution in [-0.2, 0) is 0 Å². The maximum atomic E-state index is 5.28. The van der Waals surface area contributed by atoms with E-state index >= 15 is 0 Å². The van der Waals surface area contributed by atoms with Crippen molar-refractivity contribution in [3.05, 3.63) is 224 Å². The molecule has 0 bridgehead atoms. The zero-order valence-corrected chi connectivity index (χ0v) is 34.6. The Kier molecular flexibility index (Phi) is 7.33. The van der Waals surface area contributed by atoms with E-state index in [1.165, 1.54) is 76.2 Å². The largest absolute Gasteiger partial charge is 0.309 e. The molecular weight excluding hydrogens is 779 g/mol. The lowest BCUT2D eigenvalue weighted by molar-refractivity contribution is 1.08. The molecule has 5 heteroatoms. The van der Waals surface area contributed by atoms with Crippen molar-refractivity contribution in [1.29, 1.82) is 0 Å². The van der Waals surface area contributed by atoms with Crippen molar-refractivity contribution in [3.63, 3.8) is 0 Å². The minimum absolute atomic E-state index is 0.893. The lowest BCUT2D eigenvalue weighted by Crippen LogP contribution is -1.99. The van der Waals surface area contributed by atoms with Gasteiger partial charge < -0.3 is 13.7 Å². The van der Waals surface area contributed by atoms with E-state index in [1.807, 2.05) is 6.07 Å². The van der Waals surface area contributed by atoms with Gasteiger partial charge in [0.1, 0.15) is 5.82 Å². The molecule has 0 radical (unpaired) electrons. The monoisotopic (exact) mass is 815 g/mol. The molecule has 0 aliphatic rings. The molecular formula is C59H37N5. The number of pyridine rings is 1. The minimum atomic E-state index is 0.893. The topological polar surface area (TPSA) is 32.6 Å². The smallest absolute Gasteiger partial charge is 0.138 e. The Balaban J connectivity index is 1.04. The van der Waals surface area contributed by atoms with Crippen LogP contribution in [0.1, 0.15) is 0 Å². The fourth-order valence-electron chi connectivity index (χ4n) is 10.7. The van der Waals surface area contributed by atoms with Gasteiger partial charge in [-0.15, -0.1) is 0 Å². The maximum Gasteiger partial charge on any atom is 0.138 e. The standard InChI is InChI=1S/C59H37N5/c1-3-17-38(18-4-1)49-27-16-32-57(60-49)64-53-31-14-10-26-46(53)58-54(64)34-33-45-42-23-7-13-30-52(42)63(59(45)58)41-22-15-21-40(35-41)62-51-29-12-9-25-44(51)48-36-55-47(37-56(48)62)43-24-8-11-28-50(43)61(55)39-19-5-2-6-20-39/h1-37H. The van der Waals surface area contributed by atoms with Crippen molar-refractivity contribution in [2.75, 3.05) is 0 Å². The Morgan fingerprint density at radius 1 is 0.266 bits per heavy atom. The molecule has 298 valence electrons. The summed E-state index contributed by atoms with van der Waals surface area (Å²) in [6.07, 6.45) is 0. The van der Waals surface area contributed by atoms with E-state index < -0.39 is 0 Å². The number of hydrogen-bond acceptors (Lipinski definition) is 1. The zero-order valence-electron chi connectivity index (χ0n) is 34.6. The van der Waals surface area contributed by atoms with Gasteiger partial charge in [-0.2, -0.15) is 0 Å². The second-order valence-electron chi connectivity index (χ2n) is 16.8. The third kappa shape index (κ3) is 4.92. The van der Waals surface area contributed by atoms with Crippen molar-refractivity contribution < 1.29 is 0 Å². The molecule has 9 aromatic carbocycles. The summed E-state index contributed by atoms with van der Waals surface area (Å²) in [5.41, 5.74) is 14.8. The molecule has 5 aromatic heterocycles. The molecule has 0 amide bonds. The van der Waals surface area contributed by atoms with Gasteiger partial charge in [-0.3, -0.25) is 4.57 Å². The van der Waals surface area contributed by atoms with Crippen LogP contribution < -0.4 is 0 Å². The van der Waals surface area contributed by atoms with Crippen molar-refractivity contribution in [1.82, 2.24) is 23.3 Å². The zero-order chi connectivity index (χ0) is 41.9. The highest BCUT2D eigenvalue weighted by atomic mass is 15.1. The lowest BCUT2D eigenvalue weighted by atomic mass is 10.1. The first kappa shape index (κ1) is 35.0. The number of benzene rings is 9. The number of hydrogen-bond donors (Lipinski definition) is 0. The maximum absolute atomic E-state index is 5.28. The Morgan fingerprint density at radius 3 is 1.41 bits per heavy atom. The van der Waals surface area contributed by atoms with Crippen LogP contribution in [0, 0.1) is 0 Å². The SMILES string of the molecule is c1ccc(-c2cccc(-n3c4ccccc4c4c3ccc3c5ccccc5n(-c5cccc(-n6c7ccccc7c7cc8c(cc76)c6ccccc6n8-c6ccccc6)c5)c34)n2)cc1. The number of aromatic nitrogens is 5. The van der Waals surface area contributed by atoms with Crippen LogP contribution in [0.2, 0.25) is 0 Å². The summed E-state index contributed by atoms with van der Waals surface area (Å²) in [6, 6.07) is 81.3. The summed E-state index contributed by atoms with van der Waals surface area (Å²) in [7, 11) is 0. The van der Waals surface area contributed by atoms with Gasteiger partial charge in [0, 0.05) is 65.7 Å². The van der Waals surface area contributed by atoms with E-state index in [0.717, 1.165) is 45.2 Å². The summed E-state index contributed by atoms with van der Waals surface area (Å²) in [5, 5.41) is 9.76.